The number of para-hydroxylation sites is 1. The molecule has 0 aliphatic carbocycles. The molecule has 0 saturated carbocycles. The Morgan fingerprint density at radius 2 is 1.91 bits per heavy atom. The molecule has 1 aromatic heterocycles. The molecule has 1 N–H and O–H groups in total. The van der Waals surface area contributed by atoms with E-state index in [1.807, 2.05) is 12.3 Å². The van der Waals surface area contributed by atoms with Gasteiger partial charge in [-0.2, -0.15) is 0 Å². The number of carbonyl (C=O) groups is 3. The predicted molar refractivity (Wildman–Crippen MR) is 131 cm³/mol. The van der Waals surface area contributed by atoms with E-state index in [-0.39, 0.29) is 24.1 Å². The lowest BCUT2D eigenvalue weighted by Gasteiger charge is -2.40. The topological polar surface area (TPSA) is 101 Å². The lowest BCUT2D eigenvalue weighted by molar-refractivity contribution is -0.116. The van der Waals surface area contributed by atoms with E-state index in [2.05, 4.69) is 10.3 Å². The van der Waals surface area contributed by atoms with E-state index in [0.717, 1.165) is 5.69 Å². The van der Waals surface area contributed by atoms with Crippen LogP contribution in [0.15, 0.2) is 41.8 Å². The zero-order chi connectivity index (χ0) is 24.7. The van der Waals surface area contributed by atoms with Crippen LogP contribution < -0.4 is 19.7 Å². The standard InChI is InChI=1S/C25H24N4O5S/c1-14-13-35-25(26-14)27-19(30)9-6-12-28-22-16-10-11-18(33-2)21(34-3)20(16)24(32)29(22)17-8-5-4-7-15(17)23(28)31/h4-5,7-8,10-11,13,22H,6,9,12H2,1-3H3,(H,26,27,30)/t22-/m0/s1. The third-order valence-electron chi connectivity index (χ3n) is 6.15. The van der Waals surface area contributed by atoms with Gasteiger partial charge in [0.15, 0.2) is 16.6 Å². The summed E-state index contributed by atoms with van der Waals surface area (Å²) >= 11 is 1.37. The van der Waals surface area contributed by atoms with E-state index in [4.69, 9.17) is 9.47 Å². The second-order valence-corrected chi connectivity index (χ2v) is 9.13. The summed E-state index contributed by atoms with van der Waals surface area (Å²) in [7, 11) is 3.00. The molecule has 3 aromatic rings. The first kappa shape index (κ1) is 22.9. The van der Waals surface area contributed by atoms with Crippen LogP contribution in [0.5, 0.6) is 11.5 Å². The summed E-state index contributed by atoms with van der Waals surface area (Å²) in [6, 6.07) is 10.6. The highest BCUT2D eigenvalue weighted by Crippen LogP contribution is 2.49. The van der Waals surface area contributed by atoms with Crippen molar-refractivity contribution in [3.8, 4) is 11.5 Å². The van der Waals surface area contributed by atoms with Gasteiger partial charge < -0.3 is 19.7 Å². The molecule has 180 valence electrons. The molecule has 0 bridgehead atoms. The number of hydrogen-bond acceptors (Lipinski definition) is 7. The first-order valence-corrected chi connectivity index (χ1v) is 12.0. The molecule has 3 amide bonds. The molecular weight excluding hydrogens is 468 g/mol. The van der Waals surface area contributed by atoms with Gasteiger partial charge >= 0.3 is 0 Å². The molecule has 5 rings (SSSR count). The number of hydrogen-bond donors (Lipinski definition) is 1. The maximum atomic E-state index is 13.7. The summed E-state index contributed by atoms with van der Waals surface area (Å²) in [6.45, 7) is 2.16. The highest BCUT2D eigenvalue weighted by atomic mass is 32.1. The fraction of sp³-hybridized carbons (Fsp3) is 0.280. The van der Waals surface area contributed by atoms with Gasteiger partial charge in [0, 0.05) is 23.9 Å². The number of fused-ring (bicyclic) bond motifs is 5. The zero-order valence-electron chi connectivity index (χ0n) is 19.5. The van der Waals surface area contributed by atoms with Gasteiger partial charge in [-0.05, 0) is 31.5 Å². The quantitative estimate of drug-likeness (QED) is 0.535. The predicted octanol–water partition coefficient (Wildman–Crippen LogP) is 4.00. The number of rotatable bonds is 7. The number of carbonyl (C=O) groups excluding carboxylic acids is 3. The monoisotopic (exact) mass is 492 g/mol. The zero-order valence-corrected chi connectivity index (χ0v) is 20.3. The van der Waals surface area contributed by atoms with Crippen molar-refractivity contribution in [3.05, 3.63) is 64.2 Å². The van der Waals surface area contributed by atoms with E-state index in [9.17, 15) is 14.4 Å². The average molecular weight is 493 g/mol. The molecule has 2 aromatic carbocycles. The van der Waals surface area contributed by atoms with E-state index < -0.39 is 6.17 Å². The van der Waals surface area contributed by atoms with Crippen LogP contribution in [0, 0.1) is 6.92 Å². The average Bonchev–Trinajstić information content (AvgIpc) is 3.40. The minimum Gasteiger partial charge on any atom is -0.493 e. The maximum Gasteiger partial charge on any atom is 0.264 e. The fourth-order valence-electron chi connectivity index (χ4n) is 4.65. The smallest absolute Gasteiger partial charge is 0.264 e. The minimum atomic E-state index is -0.635. The molecule has 0 unspecified atom stereocenters. The van der Waals surface area contributed by atoms with Crippen molar-refractivity contribution in [2.75, 3.05) is 31.0 Å². The highest BCUT2D eigenvalue weighted by Gasteiger charge is 2.49. The summed E-state index contributed by atoms with van der Waals surface area (Å²) < 4.78 is 10.9. The molecule has 0 radical (unpaired) electrons. The van der Waals surface area contributed by atoms with Crippen molar-refractivity contribution >= 4 is 39.9 Å². The Labute approximate surface area is 206 Å². The molecule has 0 saturated heterocycles. The van der Waals surface area contributed by atoms with Crippen molar-refractivity contribution in [3.63, 3.8) is 0 Å². The molecule has 10 heteroatoms. The molecule has 35 heavy (non-hydrogen) atoms. The third kappa shape index (κ3) is 3.79. The fourth-order valence-corrected chi connectivity index (χ4v) is 5.36. The number of methoxy groups -OCH3 is 2. The van der Waals surface area contributed by atoms with E-state index >= 15 is 0 Å². The molecule has 2 aliphatic heterocycles. The van der Waals surface area contributed by atoms with Crippen LogP contribution in [-0.4, -0.2) is 48.4 Å². The lowest BCUT2D eigenvalue weighted by Crippen LogP contribution is -2.48. The number of nitrogens with zero attached hydrogens (tertiary/aromatic N) is 3. The number of amides is 3. The number of aromatic nitrogens is 1. The van der Waals surface area contributed by atoms with Crippen LogP contribution >= 0.6 is 11.3 Å². The lowest BCUT2D eigenvalue weighted by atomic mass is 10.0. The number of aryl methyl sites for hydroxylation is 1. The van der Waals surface area contributed by atoms with Crippen molar-refractivity contribution in [1.29, 1.82) is 0 Å². The Bertz CT molecular complexity index is 1340. The molecule has 0 spiro atoms. The van der Waals surface area contributed by atoms with Gasteiger partial charge in [-0.15, -0.1) is 11.3 Å². The summed E-state index contributed by atoms with van der Waals surface area (Å²) in [5, 5.41) is 5.21. The SMILES string of the molecule is COc1ccc2c(c1OC)C(=O)N1c3ccccc3C(=O)N(CCCC(=O)Nc3nc(C)cs3)[C@H]21. The van der Waals surface area contributed by atoms with Crippen LogP contribution in [0.2, 0.25) is 0 Å². The Hall–Kier alpha value is -3.92. The molecule has 9 nitrogen and oxygen atoms in total. The molecular formula is C25H24N4O5S. The van der Waals surface area contributed by atoms with E-state index in [1.54, 1.807) is 46.2 Å². The Morgan fingerprint density at radius 1 is 1.11 bits per heavy atom. The summed E-state index contributed by atoms with van der Waals surface area (Å²) in [5.74, 6) is 0.165. The first-order valence-electron chi connectivity index (χ1n) is 11.1. The van der Waals surface area contributed by atoms with Crippen LogP contribution in [0.1, 0.15) is 51.0 Å². The molecule has 1 atom stereocenters. The number of ether oxygens (including phenoxy) is 2. The highest BCUT2D eigenvalue weighted by molar-refractivity contribution is 7.13. The number of benzene rings is 2. The third-order valence-corrected chi connectivity index (χ3v) is 7.03. The van der Waals surface area contributed by atoms with E-state index in [1.165, 1.54) is 25.6 Å². The summed E-state index contributed by atoms with van der Waals surface area (Å²) in [5.41, 5.74) is 2.89. The van der Waals surface area contributed by atoms with Crippen molar-refractivity contribution in [2.24, 2.45) is 0 Å². The van der Waals surface area contributed by atoms with Gasteiger partial charge in [-0.3, -0.25) is 19.3 Å². The Morgan fingerprint density at radius 3 is 2.63 bits per heavy atom. The van der Waals surface area contributed by atoms with Crippen LogP contribution in [-0.2, 0) is 4.79 Å². The maximum absolute atomic E-state index is 13.7. The Kier molecular flexibility index (Phi) is 5.89. The van der Waals surface area contributed by atoms with Crippen molar-refractivity contribution < 1.29 is 23.9 Å². The van der Waals surface area contributed by atoms with Gasteiger partial charge in [0.1, 0.15) is 6.17 Å². The van der Waals surface area contributed by atoms with Gasteiger partial charge in [0.25, 0.3) is 11.8 Å². The van der Waals surface area contributed by atoms with Crippen LogP contribution in [0.25, 0.3) is 0 Å². The van der Waals surface area contributed by atoms with Crippen LogP contribution in [0.4, 0.5) is 10.8 Å². The van der Waals surface area contributed by atoms with Crippen molar-refractivity contribution in [1.82, 2.24) is 9.88 Å². The van der Waals surface area contributed by atoms with Gasteiger partial charge in [0.2, 0.25) is 5.91 Å². The van der Waals surface area contributed by atoms with Crippen LogP contribution in [0.3, 0.4) is 0 Å². The Balaban J connectivity index is 1.45. The summed E-state index contributed by atoms with van der Waals surface area (Å²) in [4.78, 5) is 47.2. The number of thiazole rings is 1. The summed E-state index contributed by atoms with van der Waals surface area (Å²) in [6.07, 6.45) is -0.00114. The molecule has 0 fully saturated rings. The second kappa shape index (κ2) is 9.03. The normalized spacial score (nSPS) is 16.0. The molecule has 2 aliphatic rings. The first-order chi connectivity index (χ1) is 16.9. The van der Waals surface area contributed by atoms with Gasteiger partial charge in [0.05, 0.1) is 36.7 Å². The van der Waals surface area contributed by atoms with E-state index in [0.29, 0.717) is 52.0 Å². The van der Waals surface area contributed by atoms with Gasteiger partial charge in [-0.25, -0.2) is 4.98 Å². The molecule has 3 heterocycles. The minimum absolute atomic E-state index is 0.171. The van der Waals surface area contributed by atoms with Gasteiger partial charge in [-0.1, -0.05) is 18.2 Å². The van der Waals surface area contributed by atoms with Crippen molar-refractivity contribution in [2.45, 2.75) is 25.9 Å². The second-order valence-electron chi connectivity index (χ2n) is 8.28. The number of nitrogens with one attached hydrogen (secondary N) is 1. The number of anilines is 2. The largest absolute Gasteiger partial charge is 0.493 e.